The van der Waals surface area contributed by atoms with E-state index in [0.29, 0.717) is 32.6 Å². The Hall–Kier alpha value is -1.30. The van der Waals surface area contributed by atoms with Gasteiger partial charge in [-0.05, 0) is 13.0 Å². The van der Waals surface area contributed by atoms with Crippen molar-refractivity contribution in [2.24, 2.45) is 0 Å². The van der Waals surface area contributed by atoms with Crippen molar-refractivity contribution in [1.29, 1.82) is 0 Å². The maximum atomic E-state index is 10.6. The molecule has 0 aromatic heterocycles. The highest BCUT2D eigenvalue weighted by molar-refractivity contribution is 5.72. The van der Waals surface area contributed by atoms with E-state index in [1.165, 1.54) is 4.90 Å². The Bertz CT molecular complexity index is 278. The minimum atomic E-state index is -1.09. The van der Waals surface area contributed by atoms with E-state index in [1.807, 2.05) is 4.90 Å². The molecule has 0 saturated carbocycles. The number of aliphatic carboxylic acids is 2. The van der Waals surface area contributed by atoms with Gasteiger partial charge in [-0.1, -0.05) is 0 Å². The summed E-state index contributed by atoms with van der Waals surface area (Å²) < 4.78 is 0. The summed E-state index contributed by atoms with van der Waals surface area (Å²) in [4.78, 5) is 32.4. The first-order chi connectivity index (χ1) is 9.99. The van der Waals surface area contributed by atoms with Crippen LogP contribution in [0.4, 0.5) is 0 Å². The van der Waals surface area contributed by atoms with Gasteiger partial charge in [-0.25, -0.2) is 9.78 Å². The topological polar surface area (TPSA) is 140 Å². The molecule has 0 amide bonds. The van der Waals surface area contributed by atoms with Gasteiger partial charge in [0, 0.05) is 19.6 Å². The third-order valence-electron chi connectivity index (χ3n) is 2.66. The van der Waals surface area contributed by atoms with Crippen LogP contribution in [0.2, 0.25) is 0 Å². The third-order valence-corrected chi connectivity index (χ3v) is 2.66. The summed E-state index contributed by atoms with van der Waals surface area (Å²) in [5.41, 5.74) is 0. The fourth-order valence-corrected chi connectivity index (χ4v) is 1.79. The highest BCUT2D eigenvalue weighted by atomic mass is 17.1. The van der Waals surface area contributed by atoms with Crippen molar-refractivity contribution in [3.63, 3.8) is 0 Å². The van der Waals surface area contributed by atoms with E-state index < -0.39 is 11.9 Å². The second kappa shape index (κ2) is 12.4. The molecule has 4 N–H and O–H groups in total. The molecule has 10 nitrogen and oxygen atoms in total. The molecule has 0 unspecified atom stereocenters. The average Bonchev–Trinajstić information content (AvgIpc) is 2.39. The van der Waals surface area contributed by atoms with Crippen molar-refractivity contribution in [2.45, 2.75) is 6.42 Å². The van der Waals surface area contributed by atoms with Gasteiger partial charge in [0.2, 0.25) is 0 Å². The van der Waals surface area contributed by atoms with E-state index in [2.05, 4.69) is 9.78 Å². The monoisotopic (exact) mass is 310 g/mol. The zero-order chi connectivity index (χ0) is 16.1. The standard InChI is InChI=1S/C11H22N2O8/c14-10(15)8-13(9-11(16)17)3-1-2-12(4-6-20-18)5-7-21-19/h18-19H,1-9H2,(H,14,15)(H,16,17). The van der Waals surface area contributed by atoms with Crippen LogP contribution in [0.3, 0.4) is 0 Å². The van der Waals surface area contributed by atoms with Crippen LogP contribution < -0.4 is 0 Å². The van der Waals surface area contributed by atoms with Crippen LogP contribution in [-0.2, 0) is 19.4 Å². The smallest absolute Gasteiger partial charge is 0.317 e. The van der Waals surface area contributed by atoms with Crippen LogP contribution in [0.15, 0.2) is 0 Å². The minimum absolute atomic E-state index is 0.0827. The maximum absolute atomic E-state index is 10.6. The molecule has 0 aromatic rings. The lowest BCUT2D eigenvalue weighted by molar-refractivity contribution is -0.251. The van der Waals surface area contributed by atoms with Crippen LogP contribution in [0.25, 0.3) is 0 Å². The summed E-state index contributed by atoms with van der Waals surface area (Å²) in [5.74, 6) is -2.18. The SMILES string of the molecule is O=C(O)CN(CCCN(CCOO)CCOO)CC(=O)O. The number of carboxylic acid groups (broad SMARTS) is 2. The zero-order valence-electron chi connectivity index (χ0n) is 11.7. The molecular formula is C11H22N2O8. The van der Waals surface area contributed by atoms with Crippen molar-refractivity contribution in [3.05, 3.63) is 0 Å². The predicted molar refractivity (Wildman–Crippen MR) is 69.9 cm³/mol. The van der Waals surface area contributed by atoms with E-state index >= 15 is 0 Å². The highest BCUT2D eigenvalue weighted by Gasteiger charge is 2.14. The molecule has 0 heterocycles. The van der Waals surface area contributed by atoms with Crippen molar-refractivity contribution in [2.75, 3.05) is 52.5 Å². The molecule has 21 heavy (non-hydrogen) atoms. The number of carboxylic acids is 2. The number of carbonyl (C=O) groups is 2. The molecule has 0 aromatic carbocycles. The summed E-state index contributed by atoms with van der Waals surface area (Å²) in [6.07, 6.45) is 0.525. The van der Waals surface area contributed by atoms with Gasteiger partial charge in [0.25, 0.3) is 0 Å². The first-order valence-corrected chi connectivity index (χ1v) is 6.40. The van der Waals surface area contributed by atoms with Gasteiger partial charge in [-0.15, -0.1) is 0 Å². The molecule has 10 heteroatoms. The lowest BCUT2D eigenvalue weighted by atomic mass is 10.3. The summed E-state index contributed by atoms with van der Waals surface area (Å²) >= 11 is 0. The normalized spacial score (nSPS) is 11.2. The molecule has 0 fully saturated rings. The maximum Gasteiger partial charge on any atom is 0.317 e. The van der Waals surface area contributed by atoms with Gasteiger partial charge in [-0.3, -0.25) is 29.9 Å². The van der Waals surface area contributed by atoms with E-state index in [4.69, 9.17) is 20.7 Å². The third kappa shape index (κ3) is 12.2. The van der Waals surface area contributed by atoms with E-state index in [1.54, 1.807) is 0 Å². The van der Waals surface area contributed by atoms with Crippen molar-refractivity contribution >= 4 is 11.9 Å². The van der Waals surface area contributed by atoms with E-state index in [9.17, 15) is 9.59 Å². The molecule has 0 bridgehead atoms. The van der Waals surface area contributed by atoms with Gasteiger partial charge < -0.3 is 10.2 Å². The Morgan fingerprint density at radius 2 is 1.19 bits per heavy atom. The second-order valence-electron chi connectivity index (χ2n) is 4.36. The summed E-state index contributed by atoms with van der Waals surface area (Å²) in [7, 11) is 0. The Morgan fingerprint density at radius 1 is 0.762 bits per heavy atom. The van der Waals surface area contributed by atoms with E-state index in [-0.39, 0.29) is 26.3 Å². The van der Waals surface area contributed by atoms with Crippen LogP contribution in [-0.4, -0.2) is 94.9 Å². The predicted octanol–water partition coefficient (Wildman–Crippen LogP) is -0.871. The first kappa shape index (κ1) is 19.7. The molecule has 0 saturated heterocycles. The Labute approximate surface area is 121 Å². The second-order valence-corrected chi connectivity index (χ2v) is 4.36. The highest BCUT2D eigenvalue weighted by Crippen LogP contribution is 1.97. The lowest BCUT2D eigenvalue weighted by Crippen LogP contribution is -2.38. The molecular weight excluding hydrogens is 288 g/mol. The van der Waals surface area contributed by atoms with Crippen molar-refractivity contribution < 1.29 is 40.1 Å². The fourth-order valence-electron chi connectivity index (χ4n) is 1.79. The molecule has 124 valence electrons. The number of nitrogens with zero attached hydrogens (tertiary/aromatic N) is 2. The van der Waals surface area contributed by atoms with Gasteiger partial charge >= 0.3 is 11.9 Å². The number of hydrogen-bond acceptors (Lipinski definition) is 8. The lowest BCUT2D eigenvalue weighted by Gasteiger charge is -2.23. The largest absolute Gasteiger partial charge is 0.480 e. The number of rotatable bonds is 14. The summed E-state index contributed by atoms with van der Waals surface area (Å²) in [5, 5.41) is 34.0. The molecule has 0 atom stereocenters. The van der Waals surface area contributed by atoms with Gasteiger partial charge in [0.1, 0.15) is 0 Å². The number of hydrogen-bond donors (Lipinski definition) is 4. The summed E-state index contributed by atoms with van der Waals surface area (Å²) in [6.45, 7) is 1.10. The van der Waals surface area contributed by atoms with Gasteiger partial charge in [-0.2, -0.15) is 0 Å². The Balaban J connectivity index is 4.14. The van der Waals surface area contributed by atoms with Gasteiger partial charge in [0.15, 0.2) is 0 Å². The summed E-state index contributed by atoms with van der Waals surface area (Å²) in [6, 6.07) is 0. The van der Waals surface area contributed by atoms with E-state index in [0.717, 1.165) is 0 Å². The molecule has 0 rings (SSSR count). The molecule has 0 radical (unpaired) electrons. The Kier molecular flexibility index (Phi) is 11.7. The molecule has 0 aliphatic rings. The Morgan fingerprint density at radius 3 is 1.57 bits per heavy atom. The quantitative estimate of drug-likeness (QED) is 0.236. The first-order valence-electron chi connectivity index (χ1n) is 6.40. The van der Waals surface area contributed by atoms with Crippen LogP contribution in [0.1, 0.15) is 6.42 Å². The van der Waals surface area contributed by atoms with Crippen LogP contribution in [0.5, 0.6) is 0 Å². The van der Waals surface area contributed by atoms with Crippen molar-refractivity contribution in [1.82, 2.24) is 9.80 Å². The molecule has 0 aliphatic carbocycles. The van der Waals surface area contributed by atoms with Gasteiger partial charge in [0.05, 0.1) is 26.3 Å². The fraction of sp³-hybridized carbons (Fsp3) is 0.818. The van der Waals surface area contributed by atoms with Crippen LogP contribution >= 0.6 is 0 Å². The molecule has 0 spiro atoms. The zero-order valence-corrected chi connectivity index (χ0v) is 11.7. The molecule has 0 aliphatic heterocycles. The van der Waals surface area contributed by atoms with Crippen LogP contribution in [0, 0.1) is 0 Å². The average molecular weight is 310 g/mol. The minimum Gasteiger partial charge on any atom is -0.480 e. The van der Waals surface area contributed by atoms with Crippen molar-refractivity contribution in [3.8, 4) is 0 Å².